The van der Waals surface area contributed by atoms with Crippen molar-refractivity contribution in [2.45, 2.75) is 31.9 Å². The van der Waals surface area contributed by atoms with Gasteiger partial charge in [-0.15, -0.1) is 0 Å². The number of hydrogen-bond acceptors (Lipinski definition) is 4. The van der Waals surface area contributed by atoms with Crippen LogP contribution in [-0.2, 0) is 16.1 Å². The Kier molecular flexibility index (Phi) is 5.38. The van der Waals surface area contributed by atoms with Crippen molar-refractivity contribution < 1.29 is 14.3 Å². The summed E-state index contributed by atoms with van der Waals surface area (Å²) in [5, 5.41) is 0. The lowest BCUT2D eigenvalue weighted by molar-refractivity contribution is -0.145. The number of anilines is 1. The predicted molar refractivity (Wildman–Crippen MR) is 110 cm³/mol. The average Bonchev–Trinajstić information content (AvgIpc) is 2.73. The summed E-state index contributed by atoms with van der Waals surface area (Å²) in [7, 11) is 1.73. The van der Waals surface area contributed by atoms with E-state index < -0.39 is 0 Å². The first-order chi connectivity index (χ1) is 13.6. The van der Waals surface area contributed by atoms with Crippen molar-refractivity contribution in [1.82, 2.24) is 4.90 Å². The van der Waals surface area contributed by atoms with E-state index in [-0.39, 0.29) is 18.1 Å². The van der Waals surface area contributed by atoms with Crippen LogP contribution >= 0.6 is 0 Å². The Morgan fingerprint density at radius 1 is 1.11 bits per heavy atom. The molecule has 0 radical (unpaired) electrons. The lowest BCUT2D eigenvalue weighted by Gasteiger charge is -2.47. The molecule has 5 heteroatoms. The molecule has 5 nitrogen and oxygen atoms in total. The van der Waals surface area contributed by atoms with Gasteiger partial charge in [-0.3, -0.25) is 9.69 Å². The molecule has 0 bridgehead atoms. The number of likely N-dealkylation sites (tertiary alicyclic amines) is 1. The van der Waals surface area contributed by atoms with E-state index in [2.05, 4.69) is 30.0 Å². The molecule has 28 heavy (non-hydrogen) atoms. The molecule has 2 fully saturated rings. The molecule has 0 aromatic heterocycles. The molecule has 0 unspecified atom stereocenters. The number of benzene rings is 2. The molecule has 1 spiro atoms. The van der Waals surface area contributed by atoms with Crippen LogP contribution in [0.3, 0.4) is 0 Å². The molecule has 2 heterocycles. The summed E-state index contributed by atoms with van der Waals surface area (Å²) in [6.07, 6.45) is 1.86. The smallest absolute Gasteiger partial charge is 0.253 e. The first-order valence-corrected chi connectivity index (χ1v) is 9.94. The Morgan fingerprint density at radius 3 is 2.57 bits per heavy atom. The highest BCUT2D eigenvalue weighted by Gasteiger charge is 2.42. The number of amides is 1. The van der Waals surface area contributed by atoms with E-state index >= 15 is 0 Å². The molecule has 2 aromatic rings. The molecule has 0 atom stereocenters. The molecule has 0 N–H and O–H groups in total. The second-order valence-electron chi connectivity index (χ2n) is 7.88. The summed E-state index contributed by atoms with van der Waals surface area (Å²) < 4.78 is 11.6. The van der Waals surface area contributed by atoms with Crippen LogP contribution in [0.25, 0.3) is 0 Å². The molecule has 2 aromatic carbocycles. The summed E-state index contributed by atoms with van der Waals surface area (Å²) in [4.78, 5) is 16.7. The third kappa shape index (κ3) is 3.91. The van der Waals surface area contributed by atoms with Crippen molar-refractivity contribution in [2.24, 2.45) is 0 Å². The minimum atomic E-state index is -0.238. The van der Waals surface area contributed by atoms with Gasteiger partial charge in [-0.05, 0) is 43.5 Å². The van der Waals surface area contributed by atoms with E-state index in [1.54, 1.807) is 7.11 Å². The maximum Gasteiger partial charge on any atom is 0.253 e. The molecule has 4 rings (SSSR count). The zero-order valence-corrected chi connectivity index (χ0v) is 16.7. The number of piperidine rings is 1. The fourth-order valence-corrected chi connectivity index (χ4v) is 4.20. The second kappa shape index (κ2) is 7.94. The van der Waals surface area contributed by atoms with Gasteiger partial charge in [-0.2, -0.15) is 0 Å². The van der Waals surface area contributed by atoms with Crippen LogP contribution in [0.5, 0.6) is 5.75 Å². The van der Waals surface area contributed by atoms with Gasteiger partial charge in [0.25, 0.3) is 5.91 Å². The number of ether oxygens (including phenoxy) is 2. The highest BCUT2D eigenvalue weighted by molar-refractivity contribution is 5.95. The van der Waals surface area contributed by atoms with Crippen molar-refractivity contribution in [1.29, 1.82) is 0 Å². The first kappa shape index (κ1) is 19.0. The predicted octanol–water partition coefficient (Wildman–Crippen LogP) is 3.40. The van der Waals surface area contributed by atoms with Crippen LogP contribution in [0.15, 0.2) is 48.5 Å². The zero-order valence-electron chi connectivity index (χ0n) is 16.7. The number of carbonyl (C=O) groups excluding carboxylic acids is 1. The second-order valence-corrected chi connectivity index (χ2v) is 7.88. The Bertz CT molecular complexity index is 829. The van der Waals surface area contributed by atoms with Gasteiger partial charge >= 0.3 is 0 Å². The van der Waals surface area contributed by atoms with E-state index in [1.807, 2.05) is 35.2 Å². The van der Waals surface area contributed by atoms with E-state index in [0.717, 1.165) is 43.9 Å². The average molecular weight is 380 g/mol. The van der Waals surface area contributed by atoms with Gasteiger partial charge in [0.1, 0.15) is 12.4 Å². The van der Waals surface area contributed by atoms with Crippen LogP contribution in [0.1, 0.15) is 24.0 Å². The van der Waals surface area contributed by atoms with E-state index in [9.17, 15) is 4.79 Å². The fourth-order valence-electron chi connectivity index (χ4n) is 4.20. The number of nitrogens with zero attached hydrogens (tertiary/aromatic N) is 2. The minimum Gasteiger partial charge on any atom is -0.496 e. The summed E-state index contributed by atoms with van der Waals surface area (Å²) in [5.74, 6) is 0.999. The van der Waals surface area contributed by atoms with Crippen molar-refractivity contribution in [3.63, 3.8) is 0 Å². The highest BCUT2D eigenvalue weighted by atomic mass is 16.5. The van der Waals surface area contributed by atoms with E-state index in [0.29, 0.717) is 6.54 Å². The molecular weight excluding hydrogens is 352 g/mol. The highest BCUT2D eigenvalue weighted by Crippen LogP contribution is 2.33. The van der Waals surface area contributed by atoms with E-state index in [4.69, 9.17) is 9.47 Å². The molecule has 1 amide bonds. The third-order valence-electron chi connectivity index (χ3n) is 5.92. The number of rotatable bonds is 4. The normalized spacial score (nSPS) is 19.8. The molecule has 148 valence electrons. The maximum absolute atomic E-state index is 12.4. The number of para-hydroxylation sites is 1. The number of carbonyl (C=O) groups is 1. The van der Waals surface area contributed by atoms with Crippen LogP contribution in [0.2, 0.25) is 0 Å². The standard InChI is InChI=1S/C23H28N2O3/c1-18-8-9-19(21(14-18)27-2)15-24-12-10-23(11-13-24)17-25(22(26)16-28-23)20-6-4-3-5-7-20/h3-9,14H,10-13,15-17H2,1-2H3. The zero-order chi connectivity index (χ0) is 19.6. The molecule has 2 aliphatic rings. The topological polar surface area (TPSA) is 42.0 Å². The van der Waals surface area contributed by atoms with Gasteiger partial charge in [-0.25, -0.2) is 0 Å². The Hall–Kier alpha value is -2.37. The van der Waals surface area contributed by atoms with Crippen LogP contribution < -0.4 is 9.64 Å². The number of hydrogen-bond donors (Lipinski definition) is 0. The minimum absolute atomic E-state index is 0.0450. The molecule has 0 saturated carbocycles. The van der Waals surface area contributed by atoms with Gasteiger partial charge in [0.05, 0.1) is 19.3 Å². The van der Waals surface area contributed by atoms with Gasteiger partial charge in [0.2, 0.25) is 0 Å². The third-order valence-corrected chi connectivity index (χ3v) is 5.92. The van der Waals surface area contributed by atoms with Crippen molar-refractivity contribution in [2.75, 3.05) is 38.3 Å². The summed E-state index contributed by atoms with van der Waals surface area (Å²) in [6, 6.07) is 16.3. The number of methoxy groups -OCH3 is 1. The fraction of sp³-hybridized carbons (Fsp3) is 0.435. The SMILES string of the molecule is COc1cc(C)ccc1CN1CCC2(CC1)CN(c1ccccc1)C(=O)CO2. The van der Waals surface area contributed by atoms with E-state index in [1.165, 1.54) is 11.1 Å². The number of morpholine rings is 1. The van der Waals surface area contributed by atoms with Gasteiger partial charge in [-0.1, -0.05) is 30.3 Å². The van der Waals surface area contributed by atoms with Crippen molar-refractivity contribution in [3.05, 3.63) is 59.7 Å². The lowest BCUT2D eigenvalue weighted by Crippen LogP contribution is -2.58. The van der Waals surface area contributed by atoms with Crippen molar-refractivity contribution >= 4 is 11.6 Å². The molecule has 2 aliphatic heterocycles. The van der Waals surface area contributed by atoms with Gasteiger partial charge in [0, 0.05) is 30.9 Å². The summed E-state index contributed by atoms with van der Waals surface area (Å²) in [6.45, 7) is 5.66. The van der Waals surface area contributed by atoms with Crippen molar-refractivity contribution in [3.8, 4) is 5.75 Å². The largest absolute Gasteiger partial charge is 0.496 e. The monoisotopic (exact) mass is 380 g/mol. The first-order valence-electron chi connectivity index (χ1n) is 9.94. The Labute approximate surface area is 166 Å². The summed E-state index contributed by atoms with van der Waals surface area (Å²) in [5.41, 5.74) is 3.15. The van der Waals surface area contributed by atoms with Gasteiger partial charge < -0.3 is 14.4 Å². The summed E-state index contributed by atoms with van der Waals surface area (Å²) >= 11 is 0. The molecule has 2 saturated heterocycles. The quantitative estimate of drug-likeness (QED) is 0.815. The number of aryl methyl sites for hydroxylation is 1. The maximum atomic E-state index is 12.4. The Morgan fingerprint density at radius 2 is 1.86 bits per heavy atom. The Balaban J connectivity index is 1.41. The molecular formula is C23H28N2O3. The van der Waals surface area contributed by atoms with Crippen LogP contribution in [-0.4, -0.2) is 49.8 Å². The van der Waals surface area contributed by atoms with Crippen LogP contribution in [0.4, 0.5) is 5.69 Å². The van der Waals surface area contributed by atoms with Gasteiger partial charge in [0.15, 0.2) is 0 Å². The molecule has 0 aliphatic carbocycles. The van der Waals surface area contributed by atoms with Crippen LogP contribution in [0, 0.1) is 6.92 Å². The lowest BCUT2D eigenvalue weighted by atomic mass is 9.88.